The summed E-state index contributed by atoms with van der Waals surface area (Å²) in [7, 11) is 0. The fourth-order valence-electron chi connectivity index (χ4n) is 2.88. The monoisotopic (exact) mass is 427 g/mol. The lowest BCUT2D eigenvalue weighted by Crippen LogP contribution is -2.40. The molecule has 2 saturated carbocycles. The van der Waals surface area contributed by atoms with Gasteiger partial charge in [-0.25, -0.2) is 18.7 Å². The van der Waals surface area contributed by atoms with Gasteiger partial charge in [0.2, 0.25) is 11.8 Å². The minimum Gasteiger partial charge on any atom is -0.372 e. The van der Waals surface area contributed by atoms with Gasteiger partial charge in [0.1, 0.15) is 12.1 Å². The molecule has 2 fully saturated rings. The van der Waals surface area contributed by atoms with Gasteiger partial charge in [0.25, 0.3) is 5.92 Å². The van der Waals surface area contributed by atoms with Gasteiger partial charge in [-0.15, -0.1) is 0 Å². The molecule has 0 saturated heterocycles. The van der Waals surface area contributed by atoms with E-state index in [1.165, 1.54) is 25.5 Å². The largest absolute Gasteiger partial charge is 0.372 e. The lowest BCUT2D eigenvalue weighted by atomic mass is 10.1. The Kier molecular flexibility index (Phi) is 5.22. The van der Waals surface area contributed by atoms with Crippen molar-refractivity contribution in [1.82, 2.24) is 20.3 Å². The number of halogens is 2. The topological polar surface area (TPSA) is 133 Å². The van der Waals surface area contributed by atoms with E-state index in [-0.39, 0.29) is 29.6 Å². The second-order valence-corrected chi connectivity index (χ2v) is 7.67. The number of alkyl halides is 2. The van der Waals surface area contributed by atoms with E-state index in [1.54, 1.807) is 6.07 Å². The highest BCUT2D eigenvalue weighted by Gasteiger charge is 2.58. The number of nitriles is 1. The number of anilines is 2. The van der Waals surface area contributed by atoms with Crippen molar-refractivity contribution >= 4 is 23.3 Å². The number of carbonyl (C=O) groups excluding carboxylic acids is 2. The lowest BCUT2D eigenvalue weighted by molar-refractivity contribution is -0.122. The summed E-state index contributed by atoms with van der Waals surface area (Å²) in [6, 6.07) is 1.48. The van der Waals surface area contributed by atoms with E-state index in [4.69, 9.17) is 0 Å². The van der Waals surface area contributed by atoms with Gasteiger partial charge in [0.05, 0.1) is 29.8 Å². The van der Waals surface area contributed by atoms with Gasteiger partial charge in [-0.1, -0.05) is 0 Å². The van der Waals surface area contributed by atoms with Crippen LogP contribution in [0.4, 0.5) is 20.3 Å². The second kappa shape index (κ2) is 7.86. The van der Waals surface area contributed by atoms with Crippen LogP contribution in [0.2, 0.25) is 0 Å². The second-order valence-electron chi connectivity index (χ2n) is 7.67. The number of pyridine rings is 1. The molecule has 2 aromatic heterocycles. The van der Waals surface area contributed by atoms with E-state index in [9.17, 15) is 23.6 Å². The molecular weight excluding hydrogens is 408 g/mol. The molecule has 2 heterocycles. The molecular formula is C20H19F2N7O2. The molecule has 2 aliphatic carbocycles. The number of carbonyl (C=O) groups is 2. The van der Waals surface area contributed by atoms with Crippen molar-refractivity contribution in [3.05, 3.63) is 30.4 Å². The summed E-state index contributed by atoms with van der Waals surface area (Å²) in [6.07, 6.45) is 5.70. The number of nitrogens with one attached hydrogen (secondary N) is 3. The average molecular weight is 427 g/mol. The van der Waals surface area contributed by atoms with Crippen molar-refractivity contribution in [1.29, 1.82) is 5.26 Å². The van der Waals surface area contributed by atoms with Crippen molar-refractivity contribution in [3.63, 3.8) is 0 Å². The molecule has 2 amide bonds. The molecule has 2 atom stereocenters. The van der Waals surface area contributed by atoms with Gasteiger partial charge in [0, 0.05) is 24.1 Å². The van der Waals surface area contributed by atoms with Crippen molar-refractivity contribution in [2.45, 2.75) is 44.2 Å². The van der Waals surface area contributed by atoms with Crippen LogP contribution >= 0.6 is 0 Å². The zero-order valence-electron chi connectivity index (χ0n) is 16.5. The van der Waals surface area contributed by atoms with E-state index >= 15 is 0 Å². The summed E-state index contributed by atoms with van der Waals surface area (Å²) < 4.78 is 26.0. The zero-order chi connectivity index (χ0) is 22.2. The third-order valence-corrected chi connectivity index (χ3v) is 5.05. The molecule has 160 valence electrons. The average Bonchev–Trinajstić information content (AvgIpc) is 3.66. The van der Waals surface area contributed by atoms with E-state index in [2.05, 4.69) is 30.9 Å². The highest BCUT2D eigenvalue weighted by Crippen LogP contribution is 2.41. The van der Waals surface area contributed by atoms with Crippen molar-refractivity contribution < 1.29 is 18.4 Å². The smallest absolute Gasteiger partial charge is 0.270 e. The molecule has 11 heteroatoms. The third kappa shape index (κ3) is 4.74. The van der Waals surface area contributed by atoms with Gasteiger partial charge < -0.3 is 16.0 Å². The molecule has 31 heavy (non-hydrogen) atoms. The number of rotatable bonds is 7. The van der Waals surface area contributed by atoms with Crippen LogP contribution in [0.15, 0.2) is 24.7 Å². The first kappa shape index (κ1) is 20.6. The van der Waals surface area contributed by atoms with Crippen LogP contribution in [0.25, 0.3) is 11.3 Å². The molecule has 0 spiro atoms. The maximum atomic E-state index is 13.0. The van der Waals surface area contributed by atoms with Gasteiger partial charge in [0.15, 0.2) is 11.5 Å². The Morgan fingerprint density at radius 3 is 2.55 bits per heavy atom. The predicted octanol–water partition coefficient (Wildman–Crippen LogP) is 2.08. The zero-order valence-corrected chi connectivity index (χ0v) is 16.5. The van der Waals surface area contributed by atoms with Crippen LogP contribution in [0, 0.1) is 17.2 Å². The molecule has 0 aromatic carbocycles. The molecule has 0 bridgehead atoms. The van der Waals surface area contributed by atoms with Gasteiger partial charge in [-0.2, -0.15) is 5.26 Å². The van der Waals surface area contributed by atoms with Crippen LogP contribution in [0.3, 0.4) is 0 Å². The maximum absolute atomic E-state index is 13.0. The standard InChI is InChI=1S/C20H19F2N7O2/c1-10(18(30)28-16-5-20(16,21)22)27-13-4-12(7-24-14(13)6-23)15-8-26-17(9-25-15)29-19(31)11-2-3-11/h4,7-11,16,27H,2-3,5H2,1H3,(H,28,30)(H,26,29,31)/t10-,16?/m0/s1. The highest BCUT2D eigenvalue weighted by atomic mass is 19.3. The summed E-state index contributed by atoms with van der Waals surface area (Å²) in [5, 5.41) is 17.1. The Bertz CT molecular complexity index is 1060. The first-order chi connectivity index (χ1) is 14.8. The highest BCUT2D eigenvalue weighted by molar-refractivity contribution is 5.93. The molecule has 0 aliphatic heterocycles. The van der Waals surface area contributed by atoms with Crippen LogP contribution in [-0.4, -0.2) is 44.8 Å². The Morgan fingerprint density at radius 2 is 1.97 bits per heavy atom. The van der Waals surface area contributed by atoms with E-state index < -0.39 is 23.9 Å². The van der Waals surface area contributed by atoms with E-state index in [1.807, 2.05) is 6.07 Å². The molecule has 3 N–H and O–H groups in total. The van der Waals surface area contributed by atoms with Crippen LogP contribution in [-0.2, 0) is 9.59 Å². The van der Waals surface area contributed by atoms with Crippen molar-refractivity contribution in [3.8, 4) is 17.3 Å². The Labute approximate surface area is 176 Å². The Hall–Kier alpha value is -3.68. The number of hydrogen-bond acceptors (Lipinski definition) is 7. The number of nitrogens with zero attached hydrogens (tertiary/aromatic N) is 4. The number of aromatic nitrogens is 3. The summed E-state index contributed by atoms with van der Waals surface area (Å²) in [6.45, 7) is 1.50. The van der Waals surface area contributed by atoms with E-state index in [0.717, 1.165) is 12.8 Å². The van der Waals surface area contributed by atoms with E-state index in [0.29, 0.717) is 17.1 Å². The third-order valence-electron chi connectivity index (χ3n) is 5.05. The normalized spacial score (nSPS) is 19.6. The Balaban J connectivity index is 1.46. The summed E-state index contributed by atoms with van der Waals surface area (Å²) in [5.41, 5.74) is 1.27. The van der Waals surface area contributed by atoms with Gasteiger partial charge in [-0.3, -0.25) is 14.6 Å². The predicted molar refractivity (Wildman–Crippen MR) is 106 cm³/mol. The quantitative estimate of drug-likeness (QED) is 0.616. The minimum atomic E-state index is -2.86. The minimum absolute atomic E-state index is 0.0430. The number of amides is 2. The van der Waals surface area contributed by atoms with Crippen molar-refractivity contribution in [2.75, 3.05) is 10.6 Å². The molecule has 9 nitrogen and oxygen atoms in total. The molecule has 4 rings (SSSR count). The Morgan fingerprint density at radius 1 is 1.23 bits per heavy atom. The first-order valence-electron chi connectivity index (χ1n) is 9.75. The summed E-state index contributed by atoms with van der Waals surface area (Å²) in [4.78, 5) is 36.5. The SMILES string of the molecule is C[C@H](Nc1cc(-c2cnc(NC(=O)C3CC3)cn2)cnc1C#N)C(=O)NC1CC1(F)F. The number of hydrogen-bond donors (Lipinski definition) is 3. The fourth-order valence-corrected chi connectivity index (χ4v) is 2.88. The van der Waals surface area contributed by atoms with Gasteiger partial charge in [-0.05, 0) is 25.8 Å². The lowest BCUT2D eigenvalue weighted by Gasteiger charge is -2.16. The van der Waals surface area contributed by atoms with Crippen LogP contribution < -0.4 is 16.0 Å². The maximum Gasteiger partial charge on any atom is 0.270 e. The molecule has 2 aliphatic rings. The summed E-state index contributed by atoms with van der Waals surface area (Å²) in [5.74, 6) is -3.17. The summed E-state index contributed by atoms with van der Waals surface area (Å²) >= 11 is 0. The fraction of sp³-hybridized carbons (Fsp3) is 0.400. The first-order valence-corrected chi connectivity index (χ1v) is 9.75. The van der Waals surface area contributed by atoms with Crippen molar-refractivity contribution in [2.24, 2.45) is 5.92 Å². The van der Waals surface area contributed by atoms with Crippen LogP contribution in [0.5, 0.6) is 0 Å². The molecule has 2 aromatic rings. The molecule has 1 unspecified atom stereocenters. The van der Waals surface area contributed by atoms with Crippen LogP contribution in [0.1, 0.15) is 31.9 Å². The van der Waals surface area contributed by atoms with Gasteiger partial charge >= 0.3 is 0 Å². The molecule has 0 radical (unpaired) electrons.